The lowest BCUT2D eigenvalue weighted by Gasteiger charge is -2.36. The molecule has 0 amide bonds. The molecule has 0 radical (unpaired) electrons. The molecular formula is C16H24N2O2. The third kappa shape index (κ3) is 4.94. The normalized spacial score (nSPS) is 23.6. The van der Waals surface area contributed by atoms with Crippen molar-refractivity contribution in [1.29, 1.82) is 0 Å². The molecule has 0 saturated carbocycles. The Hall–Kier alpha value is -1.39. The van der Waals surface area contributed by atoms with Gasteiger partial charge in [0.25, 0.3) is 0 Å². The van der Waals surface area contributed by atoms with Crippen LogP contribution in [0.4, 0.5) is 0 Å². The average Bonchev–Trinajstić information content (AvgIpc) is 2.44. The number of carboxylic acid groups (broad SMARTS) is 1. The summed E-state index contributed by atoms with van der Waals surface area (Å²) in [6.07, 6.45) is 2.14. The van der Waals surface area contributed by atoms with E-state index in [1.807, 2.05) is 6.07 Å². The number of rotatable bonds is 6. The Morgan fingerprint density at radius 3 is 2.80 bits per heavy atom. The summed E-state index contributed by atoms with van der Waals surface area (Å²) >= 11 is 0. The van der Waals surface area contributed by atoms with Crippen LogP contribution in [0.1, 0.15) is 24.8 Å². The Balaban J connectivity index is 1.80. The molecule has 2 N–H and O–H groups in total. The van der Waals surface area contributed by atoms with E-state index in [-0.39, 0.29) is 6.42 Å². The second-order valence-electron chi connectivity index (χ2n) is 5.82. The van der Waals surface area contributed by atoms with Crippen LogP contribution in [0.15, 0.2) is 30.3 Å². The molecule has 2 rings (SSSR count). The summed E-state index contributed by atoms with van der Waals surface area (Å²) in [5, 5.41) is 12.4. The van der Waals surface area contributed by atoms with Crippen molar-refractivity contribution in [2.45, 2.75) is 31.8 Å². The third-order valence-corrected chi connectivity index (χ3v) is 3.92. The summed E-state index contributed by atoms with van der Waals surface area (Å²) in [6.45, 7) is 2.93. The van der Waals surface area contributed by atoms with Crippen LogP contribution >= 0.6 is 0 Å². The van der Waals surface area contributed by atoms with Crippen LogP contribution in [0.3, 0.4) is 0 Å². The van der Waals surface area contributed by atoms with Gasteiger partial charge in [0.05, 0.1) is 0 Å². The molecule has 0 spiro atoms. The van der Waals surface area contributed by atoms with Crippen LogP contribution < -0.4 is 5.32 Å². The second kappa shape index (κ2) is 7.41. The Morgan fingerprint density at radius 2 is 2.10 bits per heavy atom. The molecule has 20 heavy (non-hydrogen) atoms. The smallest absolute Gasteiger partial charge is 0.303 e. The fourth-order valence-electron chi connectivity index (χ4n) is 2.99. The van der Waals surface area contributed by atoms with E-state index in [1.54, 1.807) is 0 Å². The number of likely N-dealkylation sites (tertiary alicyclic amines) is 1. The number of likely N-dealkylation sites (N-methyl/N-ethyl adjacent to an activating group) is 1. The molecule has 1 aliphatic heterocycles. The zero-order valence-electron chi connectivity index (χ0n) is 12.1. The molecule has 1 fully saturated rings. The second-order valence-corrected chi connectivity index (χ2v) is 5.82. The minimum Gasteiger partial charge on any atom is -0.481 e. The number of aliphatic carboxylic acids is 1. The van der Waals surface area contributed by atoms with Crippen molar-refractivity contribution in [2.75, 3.05) is 20.1 Å². The molecule has 2 unspecified atom stereocenters. The molecule has 1 aromatic carbocycles. The summed E-state index contributed by atoms with van der Waals surface area (Å²) in [6, 6.07) is 10.8. The summed E-state index contributed by atoms with van der Waals surface area (Å²) in [7, 11) is 2.12. The lowest BCUT2D eigenvalue weighted by molar-refractivity contribution is -0.137. The number of benzene rings is 1. The van der Waals surface area contributed by atoms with Gasteiger partial charge >= 0.3 is 5.97 Å². The first kappa shape index (κ1) is 15.0. The fourth-order valence-corrected chi connectivity index (χ4v) is 2.99. The molecule has 1 aromatic rings. The standard InChI is InChI=1S/C16H24N2O2/c1-18-11-14(7-8-16(19)20)9-15(12-18)17-10-13-5-3-2-4-6-13/h2-6,14-15,17H,7-12H2,1H3,(H,19,20). The molecule has 1 aliphatic rings. The molecule has 1 heterocycles. The predicted octanol–water partition coefficient (Wildman–Crippen LogP) is 1.96. The van der Waals surface area contributed by atoms with Crippen molar-refractivity contribution in [2.24, 2.45) is 5.92 Å². The number of hydrogen-bond donors (Lipinski definition) is 2. The number of nitrogens with one attached hydrogen (secondary N) is 1. The van der Waals surface area contributed by atoms with Crippen molar-refractivity contribution >= 4 is 5.97 Å². The van der Waals surface area contributed by atoms with Crippen LogP contribution in [0.5, 0.6) is 0 Å². The largest absolute Gasteiger partial charge is 0.481 e. The van der Waals surface area contributed by atoms with Gasteiger partial charge in [-0.2, -0.15) is 0 Å². The Morgan fingerprint density at radius 1 is 1.35 bits per heavy atom. The number of nitrogens with zero attached hydrogens (tertiary/aromatic N) is 1. The van der Waals surface area contributed by atoms with Crippen molar-refractivity contribution in [1.82, 2.24) is 10.2 Å². The lowest BCUT2D eigenvalue weighted by atomic mass is 9.90. The van der Waals surface area contributed by atoms with E-state index in [1.165, 1.54) is 5.56 Å². The van der Waals surface area contributed by atoms with Gasteiger partial charge in [-0.3, -0.25) is 4.79 Å². The topological polar surface area (TPSA) is 52.6 Å². The predicted molar refractivity (Wildman–Crippen MR) is 79.5 cm³/mol. The zero-order valence-corrected chi connectivity index (χ0v) is 12.1. The monoisotopic (exact) mass is 276 g/mol. The SMILES string of the molecule is CN1CC(CCC(=O)O)CC(NCc2ccccc2)C1. The van der Waals surface area contributed by atoms with Crippen molar-refractivity contribution in [3.63, 3.8) is 0 Å². The summed E-state index contributed by atoms with van der Waals surface area (Å²) in [5.41, 5.74) is 1.29. The van der Waals surface area contributed by atoms with Crippen LogP contribution in [-0.2, 0) is 11.3 Å². The summed E-state index contributed by atoms with van der Waals surface area (Å²) < 4.78 is 0. The first-order chi connectivity index (χ1) is 9.63. The minimum atomic E-state index is -0.688. The van der Waals surface area contributed by atoms with Gasteiger partial charge in [-0.15, -0.1) is 0 Å². The molecule has 4 heteroatoms. The van der Waals surface area contributed by atoms with Gasteiger partial charge < -0.3 is 15.3 Å². The molecule has 1 saturated heterocycles. The maximum atomic E-state index is 10.7. The Kier molecular flexibility index (Phi) is 5.56. The summed E-state index contributed by atoms with van der Waals surface area (Å²) in [4.78, 5) is 13.0. The van der Waals surface area contributed by atoms with Gasteiger partial charge in [-0.1, -0.05) is 30.3 Å². The van der Waals surface area contributed by atoms with Gasteiger partial charge in [0.15, 0.2) is 0 Å². The average molecular weight is 276 g/mol. The Bertz CT molecular complexity index is 422. The maximum absolute atomic E-state index is 10.7. The fraction of sp³-hybridized carbons (Fsp3) is 0.562. The van der Waals surface area contributed by atoms with E-state index in [0.29, 0.717) is 12.0 Å². The van der Waals surface area contributed by atoms with E-state index in [2.05, 4.69) is 41.5 Å². The Labute approximate surface area is 120 Å². The molecule has 0 bridgehead atoms. The molecule has 4 nitrogen and oxygen atoms in total. The van der Waals surface area contributed by atoms with Crippen LogP contribution in [0.2, 0.25) is 0 Å². The molecule has 0 aliphatic carbocycles. The van der Waals surface area contributed by atoms with Crippen molar-refractivity contribution in [3.05, 3.63) is 35.9 Å². The van der Waals surface area contributed by atoms with Gasteiger partial charge in [0.2, 0.25) is 0 Å². The van der Waals surface area contributed by atoms with Crippen molar-refractivity contribution < 1.29 is 9.90 Å². The number of carbonyl (C=O) groups is 1. The van der Waals surface area contributed by atoms with Gasteiger partial charge in [-0.05, 0) is 31.4 Å². The molecule has 2 atom stereocenters. The molecule has 110 valence electrons. The number of hydrogen-bond acceptors (Lipinski definition) is 3. The quantitative estimate of drug-likeness (QED) is 0.834. The van der Waals surface area contributed by atoms with Crippen molar-refractivity contribution in [3.8, 4) is 0 Å². The first-order valence-corrected chi connectivity index (χ1v) is 7.31. The zero-order chi connectivity index (χ0) is 14.4. The lowest BCUT2D eigenvalue weighted by Crippen LogP contribution is -2.47. The highest BCUT2D eigenvalue weighted by molar-refractivity contribution is 5.66. The first-order valence-electron chi connectivity index (χ1n) is 7.31. The number of carboxylic acids is 1. The summed E-state index contributed by atoms with van der Waals surface area (Å²) in [5.74, 6) is -0.204. The van der Waals surface area contributed by atoms with Crippen LogP contribution in [-0.4, -0.2) is 42.2 Å². The number of piperidine rings is 1. The minimum absolute atomic E-state index is 0.282. The van der Waals surface area contributed by atoms with Gasteiger partial charge in [0.1, 0.15) is 0 Å². The molecular weight excluding hydrogens is 252 g/mol. The third-order valence-electron chi connectivity index (χ3n) is 3.92. The van der Waals surface area contributed by atoms with E-state index >= 15 is 0 Å². The van der Waals surface area contributed by atoms with Crippen LogP contribution in [0.25, 0.3) is 0 Å². The highest BCUT2D eigenvalue weighted by atomic mass is 16.4. The van der Waals surface area contributed by atoms with E-state index < -0.39 is 5.97 Å². The van der Waals surface area contributed by atoms with E-state index in [9.17, 15) is 4.79 Å². The van der Waals surface area contributed by atoms with Crippen LogP contribution in [0, 0.1) is 5.92 Å². The highest BCUT2D eigenvalue weighted by Crippen LogP contribution is 2.20. The van der Waals surface area contributed by atoms with E-state index in [4.69, 9.17) is 5.11 Å². The van der Waals surface area contributed by atoms with E-state index in [0.717, 1.165) is 32.5 Å². The van der Waals surface area contributed by atoms with Gasteiger partial charge in [-0.25, -0.2) is 0 Å². The molecule has 0 aromatic heterocycles. The maximum Gasteiger partial charge on any atom is 0.303 e. The van der Waals surface area contributed by atoms with Gasteiger partial charge in [0, 0.05) is 32.1 Å². The highest BCUT2D eigenvalue weighted by Gasteiger charge is 2.25.